The van der Waals surface area contributed by atoms with Gasteiger partial charge in [-0.3, -0.25) is 9.48 Å². The van der Waals surface area contributed by atoms with E-state index in [9.17, 15) is 4.79 Å². The van der Waals surface area contributed by atoms with Gasteiger partial charge >= 0.3 is 0 Å². The fourth-order valence-corrected chi connectivity index (χ4v) is 2.25. The van der Waals surface area contributed by atoms with Crippen LogP contribution in [0.1, 0.15) is 22.3 Å². The minimum absolute atomic E-state index is 0.0314. The molecule has 0 saturated heterocycles. The number of amides is 1. The molecule has 1 amide bonds. The molecule has 0 radical (unpaired) electrons. The van der Waals surface area contributed by atoms with Gasteiger partial charge < -0.3 is 5.32 Å². The van der Waals surface area contributed by atoms with E-state index in [1.807, 2.05) is 26.1 Å². The van der Waals surface area contributed by atoms with Gasteiger partial charge in [-0.05, 0) is 19.9 Å². The van der Waals surface area contributed by atoms with Gasteiger partial charge in [-0.15, -0.1) is 11.3 Å². The molecule has 2 rings (SSSR count). The first-order valence-corrected chi connectivity index (χ1v) is 6.23. The number of aromatic nitrogens is 3. The van der Waals surface area contributed by atoms with Crippen LogP contribution < -0.4 is 5.32 Å². The standard InChI is InChI=1S/C11H14N4OS/c1-8(6-15-5-3-4-13-15)14-11(16)10-9(2)12-7-17-10/h3-5,7-8H,6H2,1-2H3,(H,14,16)/t8-/m1/s1. The monoisotopic (exact) mass is 250 g/mol. The summed E-state index contributed by atoms with van der Waals surface area (Å²) in [5.41, 5.74) is 2.46. The summed E-state index contributed by atoms with van der Waals surface area (Å²) in [6.45, 7) is 4.45. The zero-order valence-corrected chi connectivity index (χ0v) is 10.6. The maximum atomic E-state index is 11.9. The average Bonchev–Trinajstić information content (AvgIpc) is 2.88. The third kappa shape index (κ3) is 2.91. The molecule has 1 N–H and O–H groups in total. The Bertz CT molecular complexity index is 491. The summed E-state index contributed by atoms with van der Waals surface area (Å²) in [5.74, 6) is -0.0651. The van der Waals surface area contributed by atoms with Crippen LogP contribution in [0.2, 0.25) is 0 Å². The van der Waals surface area contributed by atoms with E-state index in [4.69, 9.17) is 0 Å². The van der Waals surface area contributed by atoms with Crippen molar-refractivity contribution in [2.75, 3.05) is 0 Å². The molecule has 2 aromatic heterocycles. The van der Waals surface area contributed by atoms with Crippen molar-refractivity contribution in [3.05, 3.63) is 34.5 Å². The molecule has 1 atom stereocenters. The zero-order chi connectivity index (χ0) is 12.3. The van der Waals surface area contributed by atoms with Gasteiger partial charge in [0.25, 0.3) is 5.91 Å². The molecule has 0 bridgehead atoms. The van der Waals surface area contributed by atoms with Crippen LogP contribution in [0, 0.1) is 6.92 Å². The largest absolute Gasteiger partial charge is 0.347 e. The van der Waals surface area contributed by atoms with Gasteiger partial charge in [-0.1, -0.05) is 0 Å². The van der Waals surface area contributed by atoms with Crippen molar-refractivity contribution in [2.24, 2.45) is 0 Å². The number of hydrogen-bond donors (Lipinski definition) is 1. The zero-order valence-electron chi connectivity index (χ0n) is 9.75. The molecule has 0 unspecified atom stereocenters. The number of carbonyl (C=O) groups excluding carboxylic acids is 1. The van der Waals surface area contributed by atoms with Crippen molar-refractivity contribution in [1.29, 1.82) is 0 Å². The summed E-state index contributed by atoms with van der Waals surface area (Å²) >= 11 is 1.36. The Morgan fingerprint density at radius 1 is 1.65 bits per heavy atom. The Hall–Kier alpha value is -1.69. The lowest BCUT2D eigenvalue weighted by Gasteiger charge is -2.13. The predicted octanol–water partition coefficient (Wildman–Crippen LogP) is 1.47. The Morgan fingerprint density at radius 2 is 2.47 bits per heavy atom. The van der Waals surface area contributed by atoms with Crippen LogP contribution in [0.3, 0.4) is 0 Å². The first-order valence-electron chi connectivity index (χ1n) is 5.35. The smallest absolute Gasteiger partial charge is 0.263 e. The molecule has 0 aliphatic rings. The Morgan fingerprint density at radius 3 is 3.06 bits per heavy atom. The van der Waals surface area contributed by atoms with E-state index < -0.39 is 0 Å². The Kier molecular flexibility index (Phi) is 3.53. The van der Waals surface area contributed by atoms with Crippen LogP contribution in [-0.2, 0) is 6.54 Å². The highest BCUT2D eigenvalue weighted by atomic mass is 32.1. The van der Waals surface area contributed by atoms with Gasteiger partial charge in [0.1, 0.15) is 4.88 Å². The summed E-state index contributed by atoms with van der Waals surface area (Å²) < 4.78 is 1.80. The lowest BCUT2D eigenvalue weighted by molar-refractivity contribution is 0.0939. The van der Waals surface area contributed by atoms with Gasteiger partial charge in [0, 0.05) is 18.4 Å². The number of nitrogens with one attached hydrogen (secondary N) is 1. The molecule has 0 aromatic carbocycles. The maximum Gasteiger partial charge on any atom is 0.263 e. The number of carbonyl (C=O) groups is 1. The van der Waals surface area contributed by atoms with Gasteiger partial charge in [-0.25, -0.2) is 4.98 Å². The van der Waals surface area contributed by atoms with Crippen LogP contribution in [0.5, 0.6) is 0 Å². The number of nitrogens with zero attached hydrogens (tertiary/aromatic N) is 3. The molecule has 0 fully saturated rings. The molecule has 0 aliphatic heterocycles. The quantitative estimate of drug-likeness (QED) is 0.893. The van der Waals surface area contributed by atoms with E-state index in [2.05, 4.69) is 15.4 Å². The lowest BCUT2D eigenvalue weighted by atomic mass is 10.3. The topological polar surface area (TPSA) is 59.8 Å². The summed E-state index contributed by atoms with van der Waals surface area (Å²) in [5, 5.41) is 7.03. The van der Waals surface area contributed by atoms with Gasteiger partial charge in [0.15, 0.2) is 0 Å². The predicted molar refractivity (Wildman–Crippen MR) is 66.0 cm³/mol. The number of thiazole rings is 1. The molecular formula is C11H14N4OS. The first kappa shape index (κ1) is 11.8. The first-order chi connectivity index (χ1) is 8.16. The van der Waals surface area contributed by atoms with E-state index in [0.717, 1.165) is 5.69 Å². The molecule has 17 heavy (non-hydrogen) atoms. The second-order valence-corrected chi connectivity index (χ2v) is 4.72. The summed E-state index contributed by atoms with van der Waals surface area (Å²) in [6.07, 6.45) is 3.60. The van der Waals surface area contributed by atoms with Crippen molar-refractivity contribution >= 4 is 17.2 Å². The fourth-order valence-electron chi connectivity index (χ4n) is 1.54. The lowest BCUT2D eigenvalue weighted by Crippen LogP contribution is -2.35. The SMILES string of the molecule is Cc1ncsc1C(=O)N[C@H](C)Cn1cccn1. The summed E-state index contributed by atoms with van der Waals surface area (Å²) in [7, 11) is 0. The van der Waals surface area contributed by atoms with Gasteiger partial charge in [-0.2, -0.15) is 5.10 Å². The molecule has 0 saturated carbocycles. The normalized spacial score (nSPS) is 12.4. The maximum absolute atomic E-state index is 11.9. The van der Waals surface area contributed by atoms with Crippen molar-refractivity contribution in [1.82, 2.24) is 20.1 Å². The molecule has 2 heterocycles. The molecule has 0 aliphatic carbocycles. The van der Waals surface area contributed by atoms with E-state index >= 15 is 0 Å². The number of aryl methyl sites for hydroxylation is 1. The van der Waals surface area contributed by atoms with E-state index in [-0.39, 0.29) is 11.9 Å². The minimum atomic E-state index is -0.0651. The van der Waals surface area contributed by atoms with Crippen LogP contribution in [0.15, 0.2) is 24.0 Å². The molecule has 5 nitrogen and oxygen atoms in total. The van der Waals surface area contributed by atoms with E-state index in [0.29, 0.717) is 11.4 Å². The van der Waals surface area contributed by atoms with Crippen LogP contribution in [0.4, 0.5) is 0 Å². The van der Waals surface area contributed by atoms with Crippen LogP contribution in [-0.4, -0.2) is 26.7 Å². The Balaban J connectivity index is 1.93. The Labute approximate surface area is 103 Å². The van der Waals surface area contributed by atoms with Gasteiger partial charge in [0.05, 0.1) is 17.7 Å². The highest BCUT2D eigenvalue weighted by Crippen LogP contribution is 2.11. The summed E-state index contributed by atoms with van der Waals surface area (Å²) in [6, 6.07) is 1.89. The molecule has 2 aromatic rings. The fraction of sp³-hybridized carbons (Fsp3) is 0.364. The van der Waals surface area contributed by atoms with Crippen LogP contribution >= 0.6 is 11.3 Å². The van der Waals surface area contributed by atoms with E-state index in [1.54, 1.807) is 16.4 Å². The third-order valence-corrected chi connectivity index (χ3v) is 3.28. The average molecular weight is 250 g/mol. The van der Waals surface area contributed by atoms with E-state index in [1.165, 1.54) is 11.3 Å². The molecular weight excluding hydrogens is 236 g/mol. The van der Waals surface area contributed by atoms with Gasteiger partial charge in [0.2, 0.25) is 0 Å². The highest BCUT2D eigenvalue weighted by molar-refractivity contribution is 7.11. The van der Waals surface area contributed by atoms with Crippen LogP contribution in [0.25, 0.3) is 0 Å². The minimum Gasteiger partial charge on any atom is -0.347 e. The summed E-state index contributed by atoms with van der Waals surface area (Å²) in [4.78, 5) is 16.6. The highest BCUT2D eigenvalue weighted by Gasteiger charge is 2.14. The molecule has 90 valence electrons. The van der Waals surface area contributed by atoms with Crippen molar-refractivity contribution in [2.45, 2.75) is 26.4 Å². The molecule has 0 spiro atoms. The number of hydrogen-bond acceptors (Lipinski definition) is 4. The second-order valence-electron chi connectivity index (χ2n) is 3.87. The molecule has 6 heteroatoms. The van der Waals surface area contributed by atoms with Crippen molar-refractivity contribution in [3.8, 4) is 0 Å². The number of rotatable bonds is 4. The third-order valence-electron chi connectivity index (χ3n) is 2.35. The van der Waals surface area contributed by atoms with Crippen molar-refractivity contribution < 1.29 is 4.79 Å². The van der Waals surface area contributed by atoms with Crippen molar-refractivity contribution in [3.63, 3.8) is 0 Å². The second kappa shape index (κ2) is 5.09.